The number of methoxy groups -OCH3 is 2. The molecular formula is C16H19ClN2O2. The zero-order chi connectivity index (χ0) is 15.1. The molecule has 2 N–H and O–H groups in total. The van der Waals surface area contributed by atoms with Crippen LogP contribution in [0.4, 0.5) is 11.4 Å². The quantitative estimate of drug-likeness (QED) is 0.762. The summed E-state index contributed by atoms with van der Waals surface area (Å²) in [6, 6.07) is 13.5. The normalized spacial score (nSPS) is 10.0. The van der Waals surface area contributed by atoms with Gasteiger partial charge in [-0.2, -0.15) is 0 Å². The minimum atomic E-state index is 0.600. The van der Waals surface area contributed by atoms with Gasteiger partial charge in [0.25, 0.3) is 0 Å². The van der Waals surface area contributed by atoms with Crippen LogP contribution in [0.15, 0.2) is 42.5 Å². The molecule has 0 fully saturated rings. The van der Waals surface area contributed by atoms with Crippen molar-refractivity contribution in [1.29, 1.82) is 0 Å². The van der Waals surface area contributed by atoms with Crippen LogP contribution < -0.4 is 20.1 Å². The molecule has 2 aromatic carbocycles. The second kappa shape index (κ2) is 7.64. The first-order valence-electron chi connectivity index (χ1n) is 6.68. The Balaban J connectivity index is 1.80. The lowest BCUT2D eigenvalue weighted by molar-refractivity contribution is 0.415. The van der Waals surface area contributed by atoms with Crippen molar-refractivity contribution in [1.82, 2.24) is 0 Å². The molecule has 0 atom stereocenters. The molecule has 0 saturated heterocycles. The lowest BCUT2D eigenvalue weighted by Crippen LogP contribution is -2.13. The van der Waals surface area contributed by atoms with Crippen LogP contribution in [0.2, 0.25) is 5.02 Å². The molecule has 0 aromatic heterocycles. The molecule has 0 aliphatic heterocycles. The van der Waals surface area contributed by atoms with Gasteiger partial charge in [0.15, 0.2) is 0 Å². The number of anilines is 2. The molecule has 0 aliphatic rings. The van der Waals surface area contributed by atoms with Crippen LogP contribution in [0.3, 0.4) is 0 Å². The molecule has 0 radical (unpaired) electrons. The SMILES string of the molecule is COc1cccc(NCCNc2ccc(OC)c(Cl)c2)c1. The summed E-state index contributed by atoms with van der Waals surface area (Å²) in [5.74, 6) is 1.52. The van der Waals surface area contributed by atoms with Gasteiger partial charge in [-0.3, -0.25) is 0 Å². The first-order valence-corrected chi connectivity index (χ1v) is 7.06. The zero-order valence-corrected chi connectivity index (χ0v) is 12.9. The van der Waals surface area contributed by atoms with Crippen LogP contribution in [0, 0.1) is 0 Å². The van der Waals surface area contributed by atoms with Gasteiger partial charge in [0.2, 0.25) is 0 Å². The summed E-state index contributed by atoms with van der Waals surface area (Å²) in [5, 5.41) is 7.23. The smallest absolute Gasteiger partial charge is 0.137 e. The molecule has 112 valence electrons. The van der Waals surface area contributed by atoms with E-state index in [0.717, 1.165) is 30.2 Å². The summed E-state index contributed by atoms with van der Waals surface area (Å²) < 4.78 is 10.3. The zero-order valence-electron chi connectivity index (χ0n) is 12.2. The number of rotatable bonds is 7. The molecule has 21 heavy (non-hydrogen) atoms. The van der Waals surface area contributed by atoms with Gasteiger partial charge in [-0.25, -0.2) is 0 Å². The average Bonchev–Trinajstić information content (AvgIpc) is 2.52. The molecule has 0 amide bonds. The molecule has 2 aromatic rings. The summed E-state index contributed by atoms with van der Waals surface area (Å²) in [5.41, 5.74) is 2.00. The highest BCUT2D eigenvalue weighted by atomic mass is 35.5. The van der Waals surface area contributed by atoms with Crippen molar-refractivity contribution in [3.05, 3.63) is 47.5 Å². The highest BCUT2D eigenvalue weighted by Crippen LogP contribution is 2.27. The number of hydrogen-bond acceptors (Lipinski definition) is 4. The van der Waals surface area contributed by atoms with Crippen molar-refractivity contribution >= 4 is 23.0 Å². The van der Waals surface area contributed by atoms with Gasteiger partial charge in [0.1, 0.15) is 11.5 Å². The fraction of sp³-hybridized carbons (Fsp3) is 0.250. The third-order valence-corrected chi connectivity index (χ3v) is 3.30. The van der Waals surface area contributed by atoms with Crippen molar-refractivity contribution in [3.8, 4) is 11.5 Å². The Hall–Kier alpha value is -2.07. The van der Waals surface area contributed by atoms with Gasteiger partial charge in [-0.1, -0.05) is 17.7 Å². The van der Waals surface area contributed by atoms with E-state index in [1.54, 1.807) is 14.2 Å². The van der Waals surface area contributed by atoms with Crippen molar-refractivity contribution in [2.75, 3.05) is 37.9 Å². The number of halogens is 1. The first kappa shape index (κ1) is 15.3. The molecule has 4 nitrogen and oxygen atoms in total. The largest absolute Gasteiger partial charge is 0.497 e. The van der Waals surface area contributed by atoms with E-state index in [2.05, 4.69) is 10.6 Å². The van der Waals surface area contributed by atoms with Crippen molar-refractivity contribution in [2.45, 2.75) is 0 Å². The predicted molar refractivity (Wildman–Crippen MR) is 88.0 cm³/mol. The summed E-state index contributed by atoms with van der Waals surface area (Å²) in [4.78, 5) is 0. The second-order valence-electron chi connectivity index (χ2n) is 4.43. The molecule has 0 saturated carbocycles. The van der Waals surface area contributed by atoms with Gasteiger partial charge in [0.05, 0.1) is 19.2 Å². The molecular weight excluding hydrogens is 288 g/mol. The van der Waals surface area contributed by atoms with Gasteiger partial charge in [-0.15, -0.1) is 0 Å². The van der Waals surface area contributed by atoms with Crippen molar-refractivity contribution in [2.24, 2.45) is 0 Å². The maximum absolute atomic E-state index is 6.08. The van der Waals surface area contributed by atoms with Gasteiger partial charge in [0, 0.05) is 30.5 Å². The Bertz CT molecular complexity index is 590. The van der Waals surface area contributed by atoms with Crippen molar-refractivity contribution in [3.63, 3.8) is 0 Å². The third-order valence-electron chi connectivity index (χ3n) is 3.00. The lowest BCUT2D eigenvalue weighted by Gasteiger charge is -2.11. The van der Waals surface area contributed by atoms with Crippen LogP contribution in [-0.2, 0) is 0 Å². The Labute approximate surface area is 130 Å². The maximum Gasteiger partial charge on any atom is 0.137 e. The van der Waals surface area contributed by atoms with E-state index in [1.165, 1.54) is 0 Å². The topological polar surface area (TPSA) is 42.5 Å². The van der Waals surface area contributed by atoms with E-state index in [9.17, 15) is 0 Å². The molecule has 2 rings (SSSR count). The van der Waals surface area contributed by atoms with Crippen molar-refractivity contribution < 1.29 is 9.47 Å². The van der Waals surface area contributed by atoms with Gasteiger partial charge >= 0.3 is 0 Å². The summed E-state index contributed by atoms with van der Waals surface area (Å²) in [6.45, 7) is 1.57. The number of nitrogens with one attached hydrogen (secondary N) is 2. The van der Waals surface area contributed by atoms with Gasteiger partial charge < -0.3 is 20.1 Å². The first-order chi connectivity index (χ1) is 10.2. The van der Waals surface area contributed by atoms with Gasteiger partial charge in [-0.05, 0) is 30.3 Å². The fourth-order valence-corrected chi connectivity index (χ4v) is 2.18. The Kier molecular flexibility index (Phi) is 5.58. The molecule has 0 unspecified atom stereocenters. The van der Waals surface area contributed by atoms with Crippen LogP contribution in [0.5, 0.6) is 11.5 Å². The van der Waals surface area contributed by atoms with E-state index in [-0.39, 0.29) is 0 Å². The Morgan fingerprint density at radius 2 is 1.62 bits per heavy atom. The minimum absolute atomic E-state index is 0.600. The monoisotopic (exact) mass is 306 g/mol. The molecule has 0 aliphatic carbocycles. The number of benzene rings is 2. The fourth-order valence-electron chi connectivity index (χ4n) is 1.92. The average molecular weight is 307 g/mol. The minimum Gasteiger partial charge on any atom is -0.497 e. The summed E-state index contributed by atoms with van der Waals surface area (Å²) in [7, 11) is 3.26. The number of hydrogen-bond donors (Lipinski definition) is 2. The van der Waals surface area contributed by atoms with Crippen LogP contribution in [0.25, 0.3) is 0 Å². The van der Waals surface area contributed by atoms with E-state index >= 15 is 0 Å². The second-order valence-corrected chi connectivity index (χ2v) is 4.84. The van der Waals surface area contributed by atoms with E-state index in [0.29, 0.717) is 10.8 Å². The van der Waals surface area contributed by atoms with E-state index < -0.39 is 0 Å². The Morgan fingerprint density at radius 3 is 2.24 bits per heavy atom. The summed E-state index contributed by atoms with van der Waals surface area (Å²) in [6.07, 6.45) is 0. The summed E-state index contributed by atoms with van der Waals surface area (Å²) >= 11 is 6.08. The maximum atomic E-state index is 6.08. The predicted octanol–water partition coefficient (Wildman–Crippen LogP) is 3.88. The highest BCUT2D eigenvalue weighted by molar-refractivity contribution is 6.32. The molecule has 0 spiro atoms. The molecule has 0 heterocycles. The highest BCUT2D eigenvalue weighted by Gasteiger charge is 2.01. The third kappa shape index (κ3) is 4.46. The number of ether oxygens (including phenoxy) is 2. The molecule has 5 heteroatoms. The lowest BCUT2D eigenvalue weighted by atomic mass is 10.3. The van der Waals surface area contributed by atoms with E-state index in [4.69, 9.17) is 21.1 Å². The Morgan fingerprint density at radius 1 is 0.905 bits per heavy atom. The molecule has 0 bridgehead atoms. The van der Waals surface area contributed by atoms with Crippen LogP contribution >= 0.6 is 11.6 Å². The van der Waals surface area contributed by atoms with E-state index in [1.807, 2.05) is 42.5 Å². The standard InChI is InChI=1S/C16H19ClN2O2/c1-20-14-5-3-4-12(10-14)18-8-9-19-13-6-7-16(21-2)15(17)11-13/h3-7,10-11,18-19H,8-9H2,1-2H3. The van der Waals surface area contributed by atoms with Crippen LogP contribution in [-0.4, -0.2) is 27.3 Å². The van der Waals surface area contributed by atoms with Crippen LogP contribution in [0.1, 0.15) is 0 Å².